The Hall–Kier alpha value is -2.97. The molecule has 0 bridgehead atoms. The number of likely N-dealkylation sites (N-methyl/N-ethyl adjacent to an activating group) is 1. The monoisotopic (exact) mass is 337 g/mol. The second-order valence-corrected chi connectivity index (χ2v) is 5.02. The summed E-state index contributed by atoms with van der Waals surface area (Å²) in [6.45, 7) is 4.62. The summed E-state index contributed by atoms with van der Waals surface area (Å²) in [5.41, 5.74) is 0.167. The summed E-state index contributed by atoms with van der Waals surface area (Å²) in [6.07, 6.45) is 0. The number of esters is 1. The van der Waals surface area contributed by atoms with Gasteiger partial charge in [0.05, 0.1) is 10.5 Å². The first-order valence-electron chi connectivity index (χ1n) is 7.25. The van der Waals surface area contributed by atoms with Gasteiger partial charge < -0.3 is 15.4 Å². The van der Waals surface area contributed by atoms with E-state index in [4.69, 9.17) is 4.74 Å². The molecule has 1 aromatic carbocycles. The number of aryl methyl sites for hydroxylation is 1. The van der Waals surface area contributed by atoms with Crippen molar-refractivity contribution >= 4 is 23.5 Å². The van der Waals surface area contributed by atoms with Crippen molar-refractivity contribution in [3.63, 3.8) is 0 Å². The van der Waals surface area contributed by atoms with Crippen LogP contribution in [0.1, 0.15) is 29.8 Å². The molecule has 1 atom stereocenters. The van der Waals surface area contributed by atoms with Crippen LogP contribution in [0.5, 0.6) is 0 Å². The van der Waals surface area contributed by atoms with E-state index in [1.165, 1.54) is 19.1 Å². The second kappa shape index (κ2) is 8.61. The third-order valence-corrected chi connectivity index (χ3v) is 3.10. The highest BCUT2D eigenvalue weighted by molar-refractivity contribution is 5.93. The lowest BCUT2D eigenvalue weighted by atomic mass is 10.1. The summed E-state index contributed by atoms with van der Waals surface area (Å²) in [5, 5.41) is 15.8. The van der Waals surface area contributed by atoms with Crippen LogP contribution in [0.4, 0.5) is 5.69 Å². The molecule has 0 heterocycles. The van der Waals surface area contributed by atoms with Gasteiger partial charge in [-0.15, -0.1) is 0 Å². The maximum atomic E-state index is 11.9. The van der Waals surface area contributed by atoms with Crippen LogP contribution < -0.4 is 10.6 Å². The number of carbonyl (C=O) groups is 3. The van der Waals surface area contributed by atoms with Crippen LogP contribution in [0.15, 0.2) is 18.2 Å². The van der Waals surface area contributed by atoms with Crippen LogP contribution in [-0.4, -0.2) is 41.9 Å². The smallest absolute Gasteiger partial charge is 0.338 e. The average molecular weight is 337 g/mol. The molecule has 0 aliphatic heterocycles. The summed E-state index contributed by atoms with van der Waals surface area (Å²) in [4.78, 5) is 45.2. The number of benzene rings is 1. The lowest BCUT2D eigenvalue weighted by molar-refractivity contribution is -0.385. The van der Waals surface area contributed by atoms with Crippen molar-refractivity contribution in [3.05, 3.63) is 39.4 Å². The second-order valence-electron chi connectivity index (χ2n) is 5.02. The fraction of sp³-hybridized carbons (Fsp3) is 0.400. The highest BCUT2D eigenvalue weighted by Gasteiger charge is 2.18. The Kier molecular flexibility index (Phi) is 6.84. The van der Waals surface area contributed by atoms with E-state index in [9.17, 15) is 24.5 Å². The summed E-state index contributed by atoms with van der Waals surface area (Å²) in [7, 11) is 0. The fourth-order valence-corrected chi connectivity index (χ4v) is 1.82. The van der Waals surface area contributed by atoms with Crippen molar-refractivity contribution in [1.82, 2.24) is 10.6 Å². The SMILES string of the molecule is CCNC(=O)[C@H](C)NC(=O)COC(=O)c1ccc(C)c([N+](=O)[O-])c1. The fourth-order valence-electron chi connectivity index (χ4n) is 1.82. The molecule has 0 aliphatic rings. The number of nitrogens with one attached hydrogen (secondary N) is 2. The number of hydrogen-bond donors (Lipinski definition) is 2. The molecule has 2 N–H and O–H groups in total. The Morgan fingerprint density at radius 2 is 2.00 bits per heavy atom. The van der Waals surface area contributed by atoms with Crippen molar-refractivity contribution in [1.29, 1.82) is 0 Å². The normalized spacial score (nSPS) is 11.3. The van der Waals surface area contributed by atoms with Gasteiger partial charge in [-0.3, -0.25) is 19.7 Å². The summed E-state index contributed by atoms with van der Waals surface area (Å²) in [6, 6.07) is 3.12. The lowest BCUT2D eigenvalue weighted by Gasteiger charge is -2.13. The maximum Gasteiger partial charge on any atom is 0.338 e. The zero-order valence-electron chi connectivity index (χ0n) is 13.6. The van der Waals surface area contributed by atoms with Crippen molar-refractivity contribution < 1.29 is 24.0 Å². The Balaban J connectivity index is 2.60. The molecule has 130 valence electrons. The van der Waals surface area contributed by atoms with E-state index in [2.05, 4.69) is 10.6 Å². The Labute approximate surface area is 138 Å². The third kappa shape index (κ3) is 5.34. The van der Waals surface area contributed by atoms with Gasteiger partial charge in [0.25, 0.3) is 11.6 Å². The topological polar surface area (TPSA) is 128 Å². The number of carbonyl (C=O) groups excluding carboxylic acids is 3. The molecule has 0 aliphatic carbocycles. The van der Waals surface area contributed by atoms with Gasteiger partial charge in [-0.05, 0) is 26.8 Å². The molecule has 1 rings (SSSR count). The molecule has 24 heavy (non-hydrogen) atoms. The maximum absolute atomic E-state index is 11.9. The van der Waals surface area contributed by atoms with Gasteiger partial charge in [0.2, 0.25) is 5.91 Å². The van der Waals surface area contributed by atoms with Crippen LogP contribution >= 0.6 is 0 Å². The average Bonchev–Trinajstić information content (AvgIpc) is 2.52. The van der Waals surface area contributed by atoms with Crippen LogP contribution in [0, 0.1) is 17.0 Å². The predicted molar refractivity (Wildman–Crippen MR) is 84.4 cm³/mol. The first kappa shape index (κ1) is 19.1. The molecular formula is C15H19N3O6. The number of nitro groups is 1. The molecule has 0 saturated carbocycles. The minimum absolute atomic E-state index is 0.0307. The van der Waals surface area contributed by atoms with Crippen LogP contribution in [0.2, 0.25) is 0 Å². The summed E-state index contributed by atoms with van der Waals surface area (Å²) < 4.78 is 4.80. The molecule has 9 heteroatoms. The van der Waals surface area contributed by atoms with Crippen molar-refractivity contribution in [2.45, 2.75) is 26.8 Å². The van der Waals surface area contributed by atoms with Crippen LogP contribution in [0.3, 0.4) is 0 Å². The molecule has 0 saturated heterocycles. The number of nitrogens with zero attached hydrogens (tertiary/aromatic N) is 1. The number of rotatable bonds is 7. The van der Waals surface area contributed by atoms with Gasteiger partial charge in [-0.2, -0.15) is 0 Å². The quantitative estimate of drug-likeness (QED) is 0.428. The van der Waals surface area contributed by atoms with E-state index < -0.39 is 29.4 Å². The van der Waals surface area contributed by atoms with Crippen LogP contribution in [0.25, 0.3) is 0 Å². The predicted octanol–water partition coefficient (Wildman–Crippen LogP) is 0.701. The van der Waals surface area contributed by atoms with E-state index in [1.54, 1.807) is 13.8 Å². The Bertz CT molecular complexity index is 659. The largest absolute Gasteiger partial charge is 0.452 e. The zero-order valence-corrected chi connectivity index (χ0v) is 13.6. The molecule has 0 aromatic heterocycles. The van der Waals surface area contributed by atoms with E-state index in [-0.39, 0.29) is 17.2 Å². The van der Waals surface area contributed by atoms with Gasteiger partial charge >= 0.3 is 5.97 Å². The molecule has 0 fully saturated rings. The van der Waals surface area contributed by atoms with Crippen molar-refractivity contribution in [2.24, 2.45) is 0 Å². The standard InChI is InChI=1S/C15H19N3O6/c1-4-16-14(20)10(3)17-13(19)8-24-15(21)11-6-5-9(2)12(7-11)18(22)23/h5-7,10H,4,8H2,1-3H3,(H,16,20)(H,17,19)/t10-/m0/s1. The number of nitro benzene ring substituents is 1. The molecule has 0 radical (unpaired) electrons. The lowest BCUT2D eigenvalue weighted by Crippen LogP contribution is -2.46. The highest BCUT2D eigenvalue weighted by atomic mass is 16.6. The third-order valence-electron chi connectivity index (χ3n) is 3.10. The van der Waals surface area contributed by atoms with Crippen molar-refractivity contribution in [3.8, 4) is 0 Å². The molecule has 9 nitrogen and oxygen atoms in total. The number of ether oxygens (including phenoxy) is 1. The van der Waals surface area contributed by atoms with Crippen LogP contribution in [-0.2, 0) is 14.3 Å². The minimum Gasteiger partial charge on any atom is -0.452 e. The van der Waals surface area contributed by atoms with E-state index in [0.717, 1.165) is 6.07 Å². The van der Waals surface area contributed by atoms with Gasteiger partial charge in [0.1, 0.15) is 6.04 Å². The van der Waals surface area contributed by atoms with Crippen molar-refractivity contribution in [2.75, 3.05) is 13.2 Å². The minimum atomic E-state index is -0.862. The van der Waals surface area contributed by atoms with Gasteiger partial charge in [0, 0.05) is 18.2 Å². The highest BCUT2D eigenvalue weighted by Crippen LogP contribution is 2.19. The molecule has 2 amide bonds. The Morgan fingerprint density at radius 1 is 1.33 bits per heavy atom. The van der Waals surface area contributed by atoms with Gasteiger partial charge in [-0.25, -0.2) is 4.79 Å². The first-order valence-corrected chi connectivity index (χ1v) is 7.25. The summed E-state index contributed by atoms with van der Waals surface area (Å²) >= 11 is 0. The molecule has 1 aromatic rings. The zero-order chi connectivity index (χ0) is 18.3. The first-order chi connectivity index (χ1) is 11.3. The summed E-state index contributed by atoms with van der Waals surface area (Å²) in [5.74, 6) is -1.87. The number of amides is 2. The molecule has 0 unspecified atom stereocenters. The number of hydrogen-bond acceptors (Lipinski definition) is 6. The van der Waals surface area contributed by atoms with E-state index >= 15 is 0 Å². The van der Waals surface area contributed by atoms with Gasteiger partial charge in [-0.1, -0.05) is 6.07 Å². The molecular weight excluding hydrogens is 318 g/mol. The Morgan fingerprint density at radius 3 is 2.58 bits per heavy atom. The van der Waals surface area contributed by atoms with E-state index in [1.807, 2.05) is 0 Å². The molecule has 0 spiro atoms. The van der Waals surface area contributed by atoms with Gasteiger partial charge in [0.15, 0.2) is 6.61 Å². The van der Waals surface area contributed by atoms with E-state index in [0.29, 0.717) is 12.1 Å².